The zero-order chi connectivity index (χ0) is 34.4. The Kier molecular flexibility index (Phi) is 13.0. The number of hydroxylamine groups is 2. The van der Waals surface area contributed by atoms with Crippen molar-refractivity contribution >= 4 is 17.7 Å². The molecule has 4 aliphatic rings. The predicted octanol–water partition coefficient (Wildman–Crippen LogP) is 4.79. The number of halogens is 1. The van der Waals surface area contributed by atoms with Crippen molar-refractivity contribution in [1.29, 1.82) is 0 Å². The van der Waals surface area contributed by atoms with Crippen LogP contribution in [-0.4, -0.2) is 73.2 Å². The van der Waals surface area contributed by atoms with E-state index in [4.69, 9.17) is 4.84 Å². The van der Waals surface area contributed by atoms with Crippen LogP contribution in [0.25, 0.3) is 0 Å². The van der Waals surface area contributed by atoms with Gasteiger partial charge in [0.15, 0.2) is 0 Å². The maximum atomic E-state index is 14.1. The van der Waals surface area contributed by atoms with Gasteiger partial charge < -0.3 is 38.4 Å². The Bertz CT molecular complexity index is 1180. The Labute approximate surface area is 303 Å². The van der Waals surface area contributed by atoms with E-state index in [2.05, 4.69) is 47.6 Å². The first kappa shape index (κ1) is 40.4. The molecule has 5 unspecified atom stereocenters. The van der Waals surface area contributed by atoms with Gasteiger partial charge in [0, 0.05) is 20.0 Å². The zero-order valence-corrected chi connectivity index (χ0v) is 33.7. The average molecular weight is 771 g/mol. The Hall–Kier alpha value is -1.00. The Balaban J connectivity index is 0.00000600. The first-order valence-corrected chi connectivity index (χ1v) is 18.5. The molecule has 0 aromatic rings. The van der Waals surface area contributed by atoms with Gasteiger partial charge in [0.05, 0.1) is 21.1 Å². The van der Waals surface area contributed by atoms with E-state index < -0.39 is 29.2 Å². The molecular formula is C39H67IN2O5. The fraction of sp³-hybridized carbons (Fsp3) is 0.872. The Morgan fingerprint density at radius 3 is 2.28 bits per heavy atom. The van der Waals surface area contributed by atoms with Crippen molar-refractivity contribution in [2.24, 2.45) is 58.2 Å². The second-order valence-electron chi connectivity index (χ2n) is 18.0. The molecule has 7 nitrogen and oxygen atoms in total. The predicted molar refractivity (Wildman–Crippen MR) is 184 cm³/mol. The van der Waals surface area contributed by atoms with E-state index in [9.17, 15) is 19.5 Å². The SMILES string of the molecule is CCCC1C[C@@]2(C)C(=CCC3C2CC[C@@]2(C)C3CC[C@@H]2[C@H](C)CCCC(C)C)CC1[C@](C(=O)O)(C(=O)C(=O)ON(C)C)[N+](C)(C)C.[I-]. The van der Waals surface area contributed by atoms with Gasteiger partial charge in [-0.3, -0.25) is 4.79 Å². The van der Waals surface area contributed by atoms with Gasteiger partial charge in [-0.15, -0.1) is 5.06 Å². The van der Waals surface area contributed by atoms with E-state index >= 15 is 0 Å². The van der Waals surface area contributed by atoms with Crippen LogP contribution in [0.4, 0.5) is 0 Å². The number of ketones is 1. The molecule has 0 spiro atoms. The van der Waals surface area contributed by atoms with E-state index in [0.29, 0.717) is 23.7 Å². The number of fused-ring (bicyclic) bond motifs is 5. The molecule has 0 heterocycles. The maximum absolute atomic E-state index is 14.1. The van der Waals surface area contributed by atoms with Crippen LogP contribution in [0.1, 0.15) is 119 Å². The molecule has 4 rings (SSSR count). The molecule has 0 aromatic heterocycles. The molecular weight excluding hydrogens is 703 g/mol. The molecule has 3 saturated carbocycles. The number of nitrogens with zero attached hydrogens (tertiary/aromatic N) is 2. The molecule has 47 heavy (non-hydrogen) atoms. The number of Topliss-reactive ketones (excluding diaryl/α,β-unsaturated/α-hetero) is 1. The summed E-state index contributed by atoms with van der Waals surface area (Å²) in [4.78, 5) is 46.0. The maximum Gasteiger partial charge on any atom is 0.400 e. The number of carbonyl (C=O) groups is 3. The third-order valence-electron chi connectivity index (χ3n) is 13.9. The minimum absolute atomic E-state index is 0. The van der Waals surface area contributed by atoms with Crippen molar-refractivity contribution in [2.75, 3.05) is 35.2 Å². The van der Waals surface area contributed by atoms with Crippen molar-refractivity contribution in [1.82, 2.24) is 5.06 Å². The number of hydrogen-bond acceptors (Lipinski definition) is 5. The highest BCUT2D eigenvalue weighted by Gasteiger charge is 2.69. The minimum Gasteiger partial charge on any atom is -1.00 e. The van der Waals surface area contributed by atoms with Crippen LogP contribution in [0.15, 0.2) is 11.6 Å². The molecule has 0 radical (unpaired) electrons. The Morgan fingerprint density at radius 2 is 1.72 bits per heavy atom. The van der Waals surface area contributed by atoms with E-state index in [0.717, 1.165) is 49.4 Å². The number of carboxylic acid groups (broad SMARTS) is 1. The summed E-state index contributed by atoms with van der Waals surface area (Å²) in [6.45, 7) is 14.4. The van der Waals surface area contributed by atoms with E-state index in [1.807, 2.05) is 0 Å². The van der Waals surface area contributed by atoms with Crippen LogP contribution in [0.2, 0.25) is 0 Å². The number of carboxylic acids is 1. The topological polar surface area (TPSA) is 83.9 Å². The molecule has 4 aliphatic carbocycles. The highest BCUT2D eigenvalue weighted by Crippen LogP contribution is 2.69. The van der Waals surface area contributed by atoms with Gasteiger partial charge in [-0.2, -0.15) is 0 Å². The lowest BCUT2D eigenvalue weighted by Crippen LogP contribution is -3.00. The summed E-state index contributed by atoms with van der Waals surface area (Å²) in [5.41, 5.74) is -0.216. The largest absolute Gasteiger partial charge is 1.00 e. The quantitative estimate of drug-likeness (QED) is 0.0725. The molecule has 0 aliphatic heterocycles. The monoisotopic (exact) mass is 770 g/mol. The first-order chi connectivity index (χ1) is 21.4. The summed E-state index contributed by atoms with van der Waals surface area (Å²) < 4.78 is -0.165. The highest BCUT2D eigenvalue weighted by atomic mass is 127. The Morgan fingerprint density at radius 1 is 1.06 bits per heavy atom. The molecule has 10 atom stereocenters. The van der Waals surface area contributed by atoms with Gasteiger partial charge in [0.25, 0.3) is 5.54 Å². The number of rotatable bonds is 13. The first-order valence-electron chi connectivity index (χ1n) is 18.5. The van der Waals surface area contributed by atoms with Crippen LogP contribution in [-0.2, 0) is 19.2 Å². The number of carbonyl (C=O) groups excluding carboxylic acids is 2. The summed E-state index contributed by atoms with van der Waals surface area (Å²) in [5, 5.41) is 12.2. The van der Waals surface area contributed by atoms with Crippen molar-refractivity contribution in [3.05, 3.63) is 11.6 Å². The summed E-state index contributed by atoms with van der Waals surface area (Å²) >= 11 is 0. The van der Waals surface area contributed by atoms with Gasteiger partial charge in [-0.05, 0) is 97.2 Å². The van der Waals surface area contributed by atoms with Gasteiger partial charge in [0.1, 0.15) is 0 Å². The molecule has 0 saturated heterocycles. The highest BCUT2D eigenvalue weighted by molar-refractivity contribution is 6.41. The zero-order valence-electron chi connectivity index (χ0n) is 31.5. The van der Waals surface area contributed by atoms with E-state index in [-0.39, 0.29) is 39.8 Å². The molecule has 270 valence electrons. The minimum atomic E-state index is -1.94. The van der Waals surface area contributed by atoms with Gasteiger partial charge >= 0.3 is 17.7 Å². The third kappa shape index (κ3) is 7.13. The lowest BCUT2D eigenvalue weighted by Gasteiger charge is -2.61. The lowest BCUT2D eigenvalue weighted by molar-refractivity contribution is -0.908. The summed E-state index contributed by atoms with van der Waals surface area (Å²) in [5.74, 6) is 0.596. The molecule has 0 aromatic carbocycles. The normalized spacial score (nSPS) is 35.5. The molecule has 1 N–H and O–H groups in total. The van der Waals surface area contributed by atoms with Gasteiger partial charge in [-0.1, -0.05) is 85.3 Å². The summed E-state index contributed by atoms with van der Waals surface area (Å²) in [6, 6.07) is 0. The lowest BCUT2D eigenvalue weighted by atomic mass is 9.44. The molecule has 8 heteroatoms. The fourth-order valence-electron chi connectivity index (χ4n) is 11.9. The van der Waals surface area contributed by atoms with Crippen molar-refractivity contribution < 1.29 is 52.8 Å². The standard InChI is InChI=1S/C39H66N2O5.HI/c1-12-14-27-24-38(6)28(23-33(27)39(36(44)45,41(9,10)11)34(42)35(43)46-40(7)8)17-18-29-31-20-19-30(26(4)16-13-15-25(2)3)37(31,5)22-21-32(29)38;/h17,25-27,29-33H,12-16,18-24H2,1-11H3;1H/t26-,27?,29?,30-,31?,32?,33?,37-,38+,39-;/m1./s1. The van der Waals surface area contributed by atoms with Crippen LogP contribution < -0.4 is 24.0 Å². The number of quaternary nitrogens is 1. The number of aliphatic carboxylic acids is 1. The van der Waals surface area contributed by atoms with Crippen LogP contribution in [0.5, 0.6) is 0 Å². The van der Waals surface area contributed by atoms with Crippen LogP contribution in [0.3, 0.4) is 0 Å². The molecule has 0 bridgehead atoms. The van der Waals surface area contributed by atoms with Crippen LogP contribution >= 0.6 is 0 Å². The smallest absolute Gasteiger partial charge is 0.400 e. The van der Waals surface area contributed by atoms with Gasteiger partial charge in [-0.25, -0.2) is 9.59 Å². The van der Waals surface area contributed by atoms with Crippen molar-refractivity contribution in [2.45, 2.75) is 124 Å². The number of allylic oxidation sites excluding steroid dienone is 2. The summed E-state index contributed by atoms with van der Waals surface area (Å²) in [7, 11) is 8.31. The van der Waals surface area contributed by atoms with Gasteiger partial charge in [0.2, 0.25) is 0 Å². The van der Waals surface area contributed by atoms with Crippen LogP contribution in [0, 0.1) is 58.2 Å². The summed E-state index contributed by atoms with van der Waals surface area (Å²) in [6.07, 6.45) is 15.9. The van der Waals surface area contributed by atoms with E-state index in [1.165, 1.54) is 69.7 Å². The average Bonchev–Trinajstić information content (AvgIpc) is 3.29. The van der Waals surface area contributed by atoms with E-state index in [1.54, 1.807) is 21.1 Å². The second-order valence-corrected chi connectivity index (χ2v) is 18.0. The molecule has 0 amide bonds. The second kappa shape index (κ2) is 15.1. The molecule has 3 fully saturated rings. The third-order valence-corrected chi connectivity index (χ3v) is 13.9. The number of hydrogen-bond donors (Lipinski definition) is 1. The van der Waals surface area contributed by atoms with Crippen molar-refractivity contribution in [3.8, 4) is 0 Å². The van der Waals surface area contributed by atoms with Crippen molar-refractivity contribution in [3.63, 3.8) is 0 Å². The fourth-order valence-corrected chi connectivity index (χ4v) is 11.9. The number of likely N-dealkylation sites (N-methyl/N-ethyl adjacent to an activating group) is 1.